The second-order valence-electron chi connectivity index (χ2n) is 4.14. The Kier molecular flexibility index (Phi) is 4.37. The number of aromatic nitrogens is 1. The highest BCUT2D eigenvalue weighted by Crippen LogP contribution is 2.15. The number of carbonyl (C=O) groups is 1. The molecule has 0 bridgehead atoms. The van der Waals surface area contributed by atoms with E-state index in [1.807, 2.05) is 0 Å². The van der Waals surface area contributed by atoms with Gasteiger partial charge < -0.3 is 10.4 Å². The summed E-state index contributed by atoms with van der Waals surface area (Å²) in [5, 5.41) is 12.3. The van der Waals surface area contributed by atoms with Gasteiger partial charge in [-0.15, -0.1) is 0 Å². The minimum Gasteiger partial charge on any atom is -0.387 e. The maximum absolute atomic E-state index is 13.0. The van der Waals surface area contributed by atoms with Crippen LogP contribution in [0.25, 0.3) is 0 Å². The Labute approximate surface area is 114 Å². The lowest BCUT2D eigenvalue weighted by molar-refractivity contribution is 0.0916. The average Bonchev–Trinajstić information content (AvgIpc) is 2.48. The van der Waals surface area contributed by atoms with E-state index in [2.05, 4.69) is 10.3 Å². The predicted octanol–water partition coefficient (Wildman–Crippen LogP) is 1.82. The Morgan fingerprint density at radius 1 is 1.20 bits per heavy atom. The molecular weight excluding hydrogens is 266 g/mol. The third-order valence-corrected chi connectivity index (χ3v) is 2.73. The quantitative estimate of drug-likeness (QED) is 0.896. The molecule has 1 aromatic carbocycles. The molecule has 0 aliphatic carbocycles. The van der Waals surface area contributed by atoms with E-state index < -0.39 is 17.7 Å². The van der Waals surface area contributed by atoms with E-state index in [0.717, 1.165) is 12.1 Å². The zero-order valence-electron chi connectivity index (χ0n) is 10.4. The monoisotopic (exact) mass is 278 g/mol. The van der Waals surface area contributed by atoms with E-state index in [-0.39, 0.29) is 18.0 Å². The van der Waals surface area contributed by atoms with Gasteiger partial charge in [-0.25, -0.2) is 8.78 Å². The summed E-state index contributed by atoms with van der Waals surface area (Å²) in [5.74, 6) is -2.40. The van der Waals surface area contributed by atoms with E-state index in [1.165, 1.54) is 30.6 Å². The van der Waals surface area contributed by atoms with Crippen LogP contribution in [-0.4, -0.2) is 22.5 Å². The first kappa shape index (κ1) is 14.1. The molecule has 2 rings (SSSR count). The molecule has 0 saturated heterocycles. The standard InChI is InChI=1S/C14H12F2N2O2/c15-11-2-1-10(7-12(11)16)13(19)8-18-14(20)9-3-5-17-6-4-9/h1-7,13,19H,8H2,(H,18,20)/t13-/m0/s1. The fraction of sp³-hybridized carbons (Fsp3) is 0.143. The molecule has 0 unspecified atom stereocenters. The highest BCUT2D eigenvalue weighted by Gasteiger charge is 2.12. The minimum absolute atomic E-state index is 0.105. The van der Waals surface area contributed by atoms with Crippen molar-refractivity contribution in [1.82, 2.24) is 10.3 Å². The van der Waals surface area contributed by atoms with Gasteiger partial charge in [-0.2, -0.15) is 0 Å². The van der Waals surface area contributed by atoms with Gasteiger partial charge in [0.1, 0.15) is 0 Å². The Morgan fingerprint density at radius 2 is 1.90 bits per heavy atom. The van der Waals surface area contributed by atoms with Crippen LogP contribution < -0.4 is 5.32 Å². The molecule has 0 saturated carbocycles. The number of amides is 1. The first-order valence-corrected chi connectivity index (χ1v) is 5.89. The average molecular weight is 278 g/mol. The normalized spacial score (nSPS) is 11.9. The molecule has 1 amide bonds. The van der Waals surface area contributed by atoms with Gasteiger partial charge in [0.15, 0.2) is 11.6 Å². The first-order valence-electron chi connectivity index (χ1n) is 5.89. The van der Waals surface area contributed by atoms with Gasteiger partial charge in [-0.3, -0.25) is 9.78 Å². The lowest BCUT2D eigenvalue weighted by Crippen LogP contribution is -2.28. The number of pyridine rings is 1. The number of rotatable bonds is 4. The zero-order chi connectivity index (χ0) is 14.5. The molecule has 0 aliphatic heterocycles. The minimum atomic E-state index is -1.11. The van der Waals surface area contributed by atoms with Gasteiger partial charge in [-0.05, 0) is 29.8 Å². The van der Waals surface area contributed by atoms with Crippen molar-refractivity contribution in [2.75, 3.05) is 6.54 Å². The van der Waals surface area contributed by atoms with E-state index in [9.17, 15) is 18.7 Å². The number of halogens is 2. The molecule has 2 N–H and O–H groups in total. The lowest BCUT2D eigenvalue weighted by atomic mass is 10.1. The van der Waals surface area contributed by atoms with Crippen molar-refractivity contribution in [2.24, 2.45) is 0 Å². The number of nitrogens with zero attached hydrogens (tertiary/aromatic N) is 1. The summed E-state index contributed by atoms with van der Waals surface area (Å²) in [6, 6.07) is 6.15. The van der Waals surface area contributed by atoms with Crippen molar-refractivity contribution in [1.29, 1.82) is 0 Å². The number of benzene rings is 1. The van der Waals surface area contributed by atoms with Crippen LogP contribution >= 0.6 is 0 Å². The van der Waals surface area contributed by atoms with Crippen LogP contribution in [0.4, 0.5) is 8.78 Å². The molecule has 0 aliphatic rings. The van der Waals surface area contributed by atoms with Crippen molar-refractivity contribution in [3.8, 4) is 0 Å². The first-order chi connectivity index (χ1) is 9.58. The van der Waals surface area contributed by atoms with Crippen LogP contribution in [0.3, 0.4) is 0 Å². The summed E-state index contributed by atoms with van der Waals surface area (Å²) < 4.78 is 25.8. The van der Waals surface area contributed by atoms with E-state index in [1.54, 1.807) is 0 Å². The molecule has 0 fully saturated rings. The van der Waals surface area contributed by atoms with Crippen molar-refractivity contribution in [3.05, 3.63) is 65.5 Å². The van der Waals surface area contributed by atoms with Crippen LogP contribution in [0.1, 0.15) is 22.0 Å². The van der Waals surface area contributed by atoms with E-state index in [4.69, 9.17) is 0 Å². The summed E-state index contributed by atoms with van der Waals surface area (Å²) in [7, 11) is 0. The number of hydrogen-bond acceptors (Lipinski definition) is 3. The van der Waals surface area contributed by atoms with Crippen LogP contribution in [0.5, 0.6) is 0 Å². The van der Waals surface area contributed by atoms with Gasteiger partial charge >= 0.3 is 0 Å². The van der Waals surface area contributed by atoms with Gasteiger partial charge in [0.05, 0.1) is 6.10 Å². The fourth-order valence-corrected chi connectivity index (χ4v) is 1.63. The van der Waals surface area contributed by atoms with E-state index in [0.29, 0.717) is 5.56 Å². The molecule has 2 aromatic rings. The zero-order valence-corrected chi connectivity index (χ0v) is 10.4. The van der Waals surface area contributed by atoms with E-state index >= 15 is 0 Å². The molecule has 20 heavy (non-hydrogen) atoms. The molecular formula is C14H12F2N2O2. The second-order valence-corrected chi connectivity index (χ2v) is 4.14. The van der Waals surface area contributed by atoms with Gasteiger partial charge in [0.25, 0.3) is 5.91 Å². The van der Waals surface area contributed by atoms with Crippen LogP contribution in [0.2, 0.25) is 0 Å². The van der Waals surface area contributed by atoms with Gasteiger partial charge in [-0.1, -0.05) is 6.07 Å². The fourth-order valence-electron chi connectivity index (χ4n) is 1.63. The molecule has 4 nitrogen and oxygen atoms in total. The Hall–Kier alpha value is -2.34. The number of aliphatic hydroxyl groups is 1. The Balaban J connectivity index is 1.96. The smallest absolute Gasteiger partial charge is 0.251 e. The molecule has 1 atom stereocenters. The summed E-state index contributed by atoms with van der Waals surface area (Å²) in [5.41, 5.74) is 0.594. The molecule has 1 heterocycles. The number of nitrogens with one attached hydrogen (secondary N) is 1. The largest absolute Gasteiger partial charge is 0.387 e. The van der Waals surface area contributed by atoms with Crippen molar-refractivity contribution in [2.45, 2.75) is 6.10 Å². The maximum atomic E-state index is 13.0. The Morgan fingerprint density at radius 3 is 2.55 bits per heavy atom. The molecule has 104 valence electrons. The van der Waals surface area contributed by atoms with Gasteiger partial charge in [0, 0.05) is 24.5 Å². The molecule has 1 aromatic heterocycles. The van der Waals surface area contributed by atoms with Crippen LogP contribution in [-0.2, 0) is 0 Å². The third kappa shape index (κ3) is 3.36. The Bertz CT molecular complexity index is 605. The second kappa shape index (κ2) is 6.21. The third-order valence-electron chi connectivity index (χ3n) is 2.73. The number of carbonyl (C=O) groups excluding carboxylic acids is 1. The predicted molar refractivity (Wildman–Crippen MR) is 67.9 cm³/mol. The highest BCUT2D eigenvalue weighted by atomic mass is 19.2. The SMILES string of the molecule is O=C(NC[C@H](O)c1ccc(F)c(F)c1)c1ccncc1. The van der Waals surface area contributed by atoms with Crippen LogP contribution in [0.15, 0.2) is 42.7 Å². The summed E-state index contributed by atoms with van der Waals surface area (Å²) in [6.07, 6.45) is 1.83. The molecule has 0 radical (unpaired) electrons. The van der Waals surface area contributed by atoms with Crippen molar-refractivity contribution < 1.29 is 18.7 Å². The van der Waals surface area contributed by atoms with Crippen molar-refractivity contribution in [3.63, 3.8) is 0 Å². The molecule has 0 spiro atoms. The number of aliphatic hydroxyl groups excluding tert-OH is 1. The summed E-state index contributed by atoms with van der Waals surface area (Å²) >= 11 is 0. The summed E-state index contributed by atoms with van der Waals surface area (Å²) in [4.78, 5) is 15.5. The molecule has 6 heteroatoms. The lowest BCUT2D eigenvalue weighted by Gasteiger charge is -2.12. The van der Waals surface area contributed by atoms with Crippen LogP contribution in [0, 0.1) is 11.6 Å². The van der Waals surface area contributed by atoms with Gasteiger partial charge in [0.2, 0.25) is 0 Å². The van der Waals surface area contributed by atoms with Crippen molar-refractivity contribution >= 4 is 5.91 Å². The topological polar surface area (TPSA) is 62.2 Å². The number of hydrogen-bond donors (Lipinski definition) is 2. The maximum Gasteiger partial charge on any atom is 0.251 e. The summed E-state index contributed by atoms with van der Waals surface area (Å²) in [6.45, 7) is -0.105. The highest BCUT2D eigenvalue weighted by molar-refractivity contribution is 5.93.